The third-order valence-electron chi connectivity index (χ3n) is 0.980. The molecule has 0 aromatic carbocycles. The van der Waals surface area contributed by atoms with Gasteiger partial charge >= 0.3 is 58.2 Å². The van der Waals surface area contributed by atoms with Crippen molar-refractivity contribution >= 4 is 0 Å². The molecule has 1 rings (SSSR count). The first-order chi connectivity index (χ1) is 3.80. The number of hydrogen-bond acceptors (Lipinski definition) is 2. The van der Waals surface area contributed by atoms with Gasteiger partial charge in [-0.05, 0) is 5.76 Å². The van der Waals surface area contributed by atoms with Gasteiger partial charge in [0.05, 0.1) is 0 Å². The van der Waals surface area contributed by atoms with E-state index in [0.29, 0.717) is 5.92 Å². The first-order valence-corrected chi connectivity index (χ1v) is 2.63. The zero-order valence-corrected chi connectivity index (χ0v) is 10.9. The second-order valence-electron chi connectivity index (χ2n) is 2.01. The van der Waals surface area contributed by atoms with Gasteiger partial charge < -0.3 is 4.52 Å². The average Bonchev–Trinajstić information content (AvgIpc) is 2.12. The van der Waals surface area contributed by atoms with Gasteiger partial charge in [-0.3, -0.25) is 0 Å². The maximum Gasteiger partial charge on any atom is 1.00 e. The van der Waals surface area contributed by atoms with E-state index in [1.807, 2.05) is 13.8 Å². The van der Waals surface area contributed by atoms with Gasteiger partial charge in [0.25, 0.3) is 0 Å². The van der Waals surface area contributed by atoms with Crippen LogP contribution in [0, 0.1) is 6.20 Å². The Morgan fingerprint density at radius 2 is 2.33 bits per heavy atom. The van der Waals surface area contributed by atoms with Crippen LogP contribution in [0.5, 0.6) is 0 Å². The minimum absolute atomic E-state index is 0. The molecule has 1 aromatic rings. The minimum atomic E-state index is 0. The third kappa shape index (κ3) is 3.07. The van der Waals surface area contributed by atoms with Crippen molar-refractivity contribution in [3.63, 3.8) is 0 Å². The second-order valence-corrected chi connectivity index (χ2v) is 2.01. The summed E-state index contributed by atoms with van der Waals surface area (Å²) < 4.78 is 4.79. The van der Waals surface area contributed by atoms with Crippen molar-refractivity contribution in [2.75, 3.05) is 0 Å². The van der Waals surface area contributed by atoms with Gasteiger partial charge in [-0.1, -0.05) is 19.8 Å². The van der Waals surface area contributed by atoms with Crippen molar-refractivity contribution < 1.29 is 62.7 Å². The summed E-state index contributed by atoms with van der Waals surface area (Å²) in [5, 5.41) is 3.44. The number of nitrogens with zero attached hydrogens (tertiary/aromatic N) is 1. The molecule has 0 bridgehead atoms. The van der Waals surface area contributed by atoms with Crippen molar-refractivity contribution in [1.82, 2.24) is 5.16 Å². The standard InChI is InChI=1S/C6H8NO.Rb/c1-5(2)6-3-4-7-8-6;/h3,5H,1-2H3;/q-1;+1. The van der Waals surface area contributed by atoms with Crippen molar-refractivity contribution in [3.05, 3.63) is 18.0 Å². The summed E-state index contributed by atoms with van der Waals surface area (Å²) in [5.41, 5.74) is 0. The van der Waals surface area contributed by atoms with E-state index < -0.39 is 0 Å². The largest absolute Gasteiger partial charge is 1.00 e. The van der Waals surface area contributed by atoms with Crippen LogP contribution >= 0.6 is 0 Å². The van der Waals surface area contributed by atoms with Crippen molar-refractivity contribution in [3.8, 4) is 0 Å². The smallest absolute Gasteiger partial charge is 0.470 e. The van der Waals surface area contributed by atoms with E-state index in [4.69, 9.17) is 4.52 Å². The molecular weight excluding hydrogens is 188 g/mol. The zero-order valence-electron chi connectivity index (χ0n) is 6.01. The predicted molar refractivity (Wildman–Crippen MR) is 29.4 cm³/mol. The Morgan fingerprint density at radius 1 is 1.67 bits per heavy atom. The summed E-state index contributed by atoms with van der Waals surface area (Å²) in [6.07, 6.45) is 2.59. The molecule has 0 fully saturated rings. The Labute approximate surface area is 104 Å². The summed E-state index contributed by atoms with van der Waals surface area (Å²) in [6, 6.07) is 1.75. The van der Waals surface area contributed by atoms with Crippen LogP contribution in [-0.4, -0.2) is 5.16 Å². The topological polar surface area (TPSA) is 26.0 Å². The molecule has 0 saturated carbocycles. The van der Waals surface area contributed by atoms with Crippen LogP contribution in [0.15, 0.2) is 10.6 Å². The van der Waals surface area contributed by atoms with Crippen LogP contribution in [-0.2, 0) is 0 Å². The monoisotopic (exact) mass is 195 g/mol. The predicted octanol–water partition coefficient (Wildman–Crippen LogP) is -1.40. The first kappa shape index (κ1) is 10.0. The number of aromatic nitrogens is 1. The fraction of sp³-hybridized carbons (Fsp3) is 0.500. The average molecular weight is 196 g/mol. The van der Waals surface area contributed by atoms with Crippen LogP contribution in [0.25, 0.3) is 0 Å². The molecule has 0 N–H and O–H groups in total. The van der Waals surface area contributed by atoms with Crippen LogP contribution in [0.3, 0.4) is 0 Å². The quantitative estimate of drug-likeness (QED) is 0.516. The molecule has 0 radical (unpaired) electrons. The van der Waals surface area contributed by atoms with E-state index in [1.165, 1.54) is 0 Å². The Kier molecular flexibility index (Phi) is 5.31. The van der Waals surface area contributed by atoms with E-state index in [2.05, 4.69) is 11.4 Å². The fourth-order valence-corrected chi connectivity index (χ4v) is 0.467. The van der Waals surface area contributed by atoms with Gasteiger partial charge in [-0.15, -0.1) is 6.20 Å². The van der Waals surface area contributed by atoms with E-state index in [9.17, 15) is 0 Å². The fourth-order valence-electron chi connectivity index (χ4n) is 0.467. The summed E-state index contributed by atoms with van der Waals surface area (Å²) >= 11 is 0. The molecule has 0 amide bonds. The van der Waals surface area contributed by atoms with Gasteiger partial charge in [0, 0.05) is 0 Å². The molecule has 0 spiro atoms. The molecule has 0 saturated heterocycles. The molecule has 1 aromatic heterocycles. The molecule has 0 unspecified atom stereocenters. The van der Waals surface area contributed by atoms with Crippen molar-refractivity contribution in [2.45, 2.75) is 19.8 Å². The Bertz CT molecular complexity index is 148. The molecule has 0 atom stereocenters. The maximum atomic E-state index is 4.79. The van der Waals surface area contributed by atoms with E-state index in [-0.39, 0.29) is 58.2 Å². The third-order valence-corrected chi connectivity index (χ3v) is 0.980. The molecule has 2 nitrogen and oxygen atoms in total. The van der Waals surface area contributed by atoms with Crippen molar-refractivity contribution in [2.24, 2.45) is 0 Å². The summed E-state index contributed by atoms with van der Waals surface area (Å²) in [5.74, 6) is 1.32. The van der Waals surface area contributed by atoms with Crippen LogP contribution in [0.4, 0.5) is 0 Å². The number of rotatable bonds is 1. The molecule has 1 heterocycles. The molecule has 9 heavy (non-hydrogen) atoms. The van der Waals surface area contributed by atoms with Crippen LogP contribution < -0.4 is 58.2 Å². The van der Waals surface area contributed by atoms with Gasteiger partial charge in [0.15, 0.2) is 0 Å². The Morgan fingerprint density at radius 3 is 2.56 bits per heavy atom. The van der Waals surface area contributed by atoms with Crippen molar-refractivity contribution in [1.29, 1.82) is 0 Å². The zero-order chi connectivity index (χ0) is 5.98. The van der Waals surface area contributed by atoms with E-state index >= 15 is 0 Å². The minimum Gasteiger partial charge on any atom is -0.470 e. The number of hydrogen-bond donors (Lipinski definition) is 0. The molecule has 0 aliphatic carbocycles. The molecule has 44 valence electrons. The summed E-state index contributed by atoms with van der Waals surface area (Å²) in [4.78, 5) is 0. The summed E-state index contributed by atoms with van der Waals surface area (Å²) in [6.45, 7) is 4.10. The van der Waals surface area contributed by atoms with Gasteiger partial charge in [-0.25, -0.2) is 5.16 Å². The molecular formula is C6H8NORb. The Balaban J connectivity index is 0.000000640. The van der Waals surface area contributed by atoms with Crippen LogP contribution in [0.1, 0.15) is 25.5 Å². The first-order valence-electron chi connectivity index (χ1n) is 2.63. The van der Waals surface area contributed by atoms with E-state index in [0.717, 1.165) is 5.76 Å². The Hall–Kier alpha value is 1.02. The normalized spacial score (nSPS) is 9.22. The van der Waals surface area contributed by atoms with Gasteiger partial charge in [0.2, 0.25) is 0 Å². The van der Waals surface area contributed by atoms with Crippen LogP contribution in [0.2, 0.25) is 0 Å². The summed E-state index contributed by atoms with van der Waals surface area (Å²) in [7, 11) is 0. The second kappa shape index (κ2) is 4.77. The molecule has 0 aliphatic rings. The molecule has 0 aliphatic heterocycles. The van der Waals surface area contributed by atoms with E-state index in [1.54, 1.807) is 6.07 Å². The SMILES string of the molecule is CC(C)c1c[c-]no1.[Rb+]. The van der Waals surface area contributed by atoms with Gasteiger partial charge in [-0.2, -0.15) is 6.07 Å². The molecule has 3 heteroatoms. The van der Waals surface area contributed by atoms with Gasteiger partial charge in [0.1, 0.15) is 0 Å². The maximum absolute atomic E-state index is 4.79.